The van der Waals surface area contributed by atoms with Crippen LogP contribution < -0.4 is 9.41 Å². The van der Waals surface area contributed by atoms with Crippen LogP contribution in [0.4, 0.5) is 0 Å². The van der Waals surface area contributed by atoms with E-state index in [1.807, 2.05) is 0 Å². The van der Waals surface area contributed by atoms with E-state index >= 15 is 0 Å². The average Bonchev–Trinajstić information content (AvgIpc) is 1.91. The Kier molecular flexibility index (Phi) is 12.2. The SMILES string of the molecule is CC1=C(C)CC=C1.[F-].[F-].[Hf+2]. The van der Waals surface area contributed by atoms with Crippen LogP contribution >= 0.6 is 0 Å². The molecule has 0 aromatic carbocycles. The largest absolute Gasteiger partial charge is 2.00 e. The molecule has 0 radical (unpaired) electrons. The Morgan fingerprint density at radius 3 is 1.80 bits per heavy atom. The van der Waals surface area contributed by atoms with Gasteiger partial charge in [-0.1, -0.05) is 23.3 Å². The standard InChI is InChI=1S/C7H10.2FH.Hf/c1-6-4-3-5-7(6)2;;;/h3-4H,5H2,1-2H3;2*1H;/q;;;+2/p-2. The molecule has 0 fully saturated rings. The van der Waals surface area contributed by atoms with Gasteiger partial charge in [-0.15, -0.1) is 0 Å². The summed E-state index contributed by atoms with van der Waals surface area (Å²) in [4.78, 5) is 0. The molecule has 1 rings (SSSR count). The van der Waals surface area contributed by atoms with Crippen LogP contribution in [0.2, 0.25) is 0 Å². The molecule has 0 amide bonds. The van der Waals surface area contributed by atoms with Crippen LogP contribution in [0.3, 0.4) is 0 Å². The van der Waals surface area contributed by atoms with E-state index in [9.17, 15) is 0 Å². The van der Waals surface area contributed by atoms with E-state index in [0.717, 1.165) is 0 Å². The van der Waals surface area contributed by atoms with Crippen LogP contribution in [0.5, 0.6) is 0 Å². The summed E-state index contributed by atoms with van der Waals surface area (Å²) in [6, 6.07) is 0. The number of hydrogen-bond donors (Lipinski definition) is 0. The van der Waals surface area contributed by atoms with E-state index in [2.05, 4.69) is 26.0 Å². The summed E-state index contributed by atoms with van der Waals surface area (Å²) in [5, 5.41) is 0. The van der Waals surface area contributed by atoms with Crippen LogP contribution in [0.1, 0.15) is 20.3 Å². The van der Waals surface area contributed by atoms with Gasteiger partial charge in [-0.25, -0.2) is 0 Å². The molecular formula is C7H10F2Hf. The molecule has 1 aliphatic carbocycles. The van der Waals surface area contributed by atoms with Gasteiger partial charge < -0.3 is 9.41 Å². The van der Waals surface area contributed by atoms with E-state index in [4.69, 9.17) is 0 Å². The summed E-state index contributed by atoms with van der Waals surface area (Å²) in [7, 11) is 0. The molecule has 0 aromatic heterocycles. The summed E-state index contributed by atoms with van der Waals surface area (Å²) in [6.45, 7) is 4.33. The van der Waals surface area contributed by atoms with Crippen molar-refractivity contribution in [3.63, 3.8) is 0 Å². The molecule has 0 saturated heterocycles. The molecule has 56 valence electrons. The van der Waals surface area contributed by atoms with E-state index in [1.54, 1.807) is 0 Å². The fraction of sp³-hybridized carbons (Fsp3) is 0.429. The number of allylic oxidation sites excluding steroid dienone is 4. The first-order chi connectivity index (χ1) is 3.30. The van der Waals surface area contributed by atoms with Crippen molar-refractivity contribution in [2.24, 2.45) is 0 Å². The van der Waals surface area contributed by atoms with E-state index in [1.165, 1.54) is 17.6 Å². The van der Waals surface area contributed by atoms with Gasteiger partial charge in [0.1, 0.15) is 0 Å². The number of rotatable bonds is 0. The fourth-order valence-corrected chi connectivity index (χ4v) is 0.716. The van der Waals surface area contributed by atoms with E-state index in [-0.39, 0.29) is 35.3 Å². The predicted octanol–water partition coefficient (Wildman–Crippen LogP) is -3.71. The van der Waals surface area contributed by atoms with Gasteiger partial charge in [0.15, 0.2) is 0 Å². The summed E-state index contributed by atoms with van der Waals surface area (Å²) < 4.78 is 0. The monoisotopic (exact) mass is 312 g/mol. The molecule has 0 N–H and O–H groups in total. The van der Waals surface area contributed by atoms with Crippen molar-refractivity contribution in [2.75, 3.05) is 0 Å². The molecule has 0 heterocycles. The van der Waals surface area contributed by atoms with Crippen molar-refractivity contribution in [1.82, 2.24) is 0 Å². The van der Waals surface area contributed by atoms with Crippen molar-refractivity contribution in [3.8, 4) is 0 Å². The molecule has 0 aromatic rings. The molecule has 0 nitrogen and oxygen atoms in total. The van der Waals surface area contributed by atoms with Gasteiger partial charge in [-0.05, 0) is 20.3 Å². The molecule has 0 unspecified atom stereocenters. The van der Waals surface area contributed by atoms with Gasteiger partial charge in [0, 0.05) is 0 Å². The fourth-order valence-electron chi connectivity index (χ4n) is 0.716. The topological polar surface area (TPSA) is 0 Å². The van der Waals surface area contributed by atoms with Gasteiger partial charge in [-0.2, -0.15) is 0 Å². The molecule has 0 aliphatic heterocycles. The Hall–Kier alpha value is 0.210. The molecule has 0 bridgehead atoms. The second kappa shape index (κ2) is 7.32. The van der Waals surface area contributed by atoms with Crippen LogP contribution in [0, 0.1) is 0 Å². The van der Waals surface area contributed by atoms with Crippen molar-refractivity contribution in [1.29, 1.82) is 0 Å². The third kappa shape index (κ3) is 4.09. The first-order valence-electron chi connectivity index (χ1n) is 2.63. The first kappa shape index (κ1) is 16.7. The molecule has 1 aliphatic rings. The van der Waals surface area contributed by atoms with Crippen LogP contribution in [0.25, 0.3) is 0 Å². The zero-order valence-corrected chi connectivity index (χ0v) is 9.71. The summed E-state index contributed by atoms with van der Waals surface area (Å²) in [5.41, 5.74) is 2.96. The Morgan fingerprint density at radius 1 is 1.20 bits per heavy atom. The van der Waals surface area contributed by atoms with Gasteiger partial charge in [0.05, 0.1) is 0 Å². The molecule has 0 spiro atoms. The van der Waals surface area contributed by atoms with Crippen molar-refractivity contribution >= 4 is 0 Å². The summed E-state index contributed by atoms with van der Waals surface area (Å²) >= 11 is 0. The molecule has 0 atom stereocenters. The summed E-state index contributed by atoms with van der Waals surface area (Å²) in [6.07, 6.45) is 5.55. The van der Waals surface area contributed by atoms with E-state index < -0.39 is 0 Å². The quantitative estimate of drug-likeness (QED) is 0.404. The Bertz CT molecular complexity index is 139. The zero-order valence-electron chi connectivity index (χ0n) is 6.12. The minimum absolute atomic E-state index is 0. The van der Waals surface area contributed by atoms with Crippen molar-refractivity contribution in [3.05, 3.63) is 23.3 Å². The van der Waals surface area contributed by atoms with Crippen molar-refractivity contribution < 1.29 is 35.3 Å². The van der Waals surface area contributed by atoms with Gasteiger partial charge >= 0.3 is 25.8 Å². The minimum atomic E-state index is 0. The smallest absolute Gasteiger partial charge is 1.00 e. The zero-order chi connectivity index (χ0) is 5.28. The molecule has 0 saturated carbocycles. The number of hydrogen-bond acceptors (Lipinski definition) is 0. The Morgan fingerprint density at radius 2 is 1.70 bits per heavy atom. The van der Waals surface area contributed by atoms with Crippen molar-refractivity contribution in [2.45, 2.75) is 20.3 Å². The normalized spacial score (nSPS) is 13.4. The molecule has 10 heavy (non-hydrogen) atoms. The Balaban J connectivity index is -0.000000163. The predicted molar refractivity (Wildman–Crippen MR) is 32.1 cm³/mol. The third-order valence-electron chi connectivity index (χ3n) is 1.47. The average molecular weight is 311 g/mol. The van der Waals surface area contributed by atoms with Crippen LogP contribution in [-0.2, 0) is 25.8 Å². The third-order valence-corrected chi connectivity index (χ3v) is 1.47. The van der Waals surface area contributed by atoms with Gasteiger partial charge in [-0.3, -0.25) is 0 Å². The van der Waals surface area contributed by atoms with E-state index in [0.29, 0.717) is 0 Å². The van der Waals surface area contributed by atoms with Gasteiger partial charge in [0.25, 0.3) is 0 Å². The maximum absolute atomic E-state index is 2.20. The second-order valence-electron chi connectivity index (χ2n) is 2.07. The van der Waals surface area contributed by atoms with Crippen LogP contribution in [-0.4, -0.2) is 0 Å². The maximum Gasteiger partial charge on any atom is 2.00 e. The Labute approximate surface area is 78.9 Å². The summed E-state index contributed by atoms with van der Waals surface area (Å²) in [5.74, 6) is 0. The van der Waals surface area contributed by atoms with Crippen LogP contribution in [0.15, 0.2) is 23.3 Å². The minimum Gasteiger partial charge on any atom is -1.00 e. The maximum atomic E-state index is 2.20. The molecule has 3 heteroatoms. The molecular weight excluding hydrogens is 301 g/mol. The first-order valence-corrected chi connectivity index (χ1v) is 2.63. The number of halogens is 2. The van der Waals surface area contributed by atoms with Gasteiger partial charge in [0.2, 0.25) is 0 Å². The second-order valence-corrected chi connectivity index (χ2v) is 2.07.